The monoisotopic (exact) mass is 408 g/mol. The third-order valence-electron chi connectivity index (χ3n) is 5.29. The molecule has 30 heavy (non-hydrogen) atoms. The Morgan fingerprint density at radius 3 is 2.70 bits per heavy atom. The lowest BCUT2D eigenvalue weighted by Gasteiger charge is -2.27. The summed E-state index contributed by atoms with van der Waals surface area (Å²) in [6.45, 7) is 2.71. The molecule has 0 radical (unpaired) electrons. The molecule has 9 nitrogen and oxygen atoms in total. The van der Waals surface area contributed by atoms with Gasteiger partial charge in [0.1, 0.15) is 12.0 Å². The second kappa shape index (κ2) is 7.69. The van der Waals surface area contributed by atoms with Gasteiger partial charge in [-0.2, -0.15) is 0 Å². The summed E-state index contributed by atoms with van der Waals surface area (Å²) in [5, 5.41) is 7.42. The van der Waals surface area contributed by atoms with E-state index in [4.69, 9.17) is 0 Å². The first kappa shape index (κ1) is 18.5. The average molecular weight is 408 g/mol. The number of halogens is 1. The highest BCUT2D eigenvalue weighted by molar-refractivity contribution is 5.82. The first-order valence-corrected chi connectivity index (χ1v) is 9.91. The van der Waals surface area contributed by atoms with Gasteiger partial charge in [-0.25, -0.2) is 23.9 Å². The Morgan fingerprint density at radius 2 is 1.93 bits per heavy atom. The van der Waals surface area contributed by atoms with Gasteiger partial charge in [0.25, 0.3) is 0 Å². The quantitative estimate of drug-likeness (QED) is 0.693. The first-order valence-electron chi connectivity index (χ1n) is 9.91. The second-order valence-electron chi connectivity index (χ2n) is 7.38. The third kappa shape index (κ3) is 3.68. The van der Waals surface area contributed by atoms with Crippen molar-refractivity contribution in [3.8, 4) is 0 Å². The number of rotatable bonds is 4. The number of fused-ring (bicyclic) bond motifs is 1. The molecule has 1 atom stereocenters. The summed E-state index contributed by atoms with van der Waals surface area (Å²) in [4.78, 5) is 28.5. The van der Waals surface area contributed by atoms with Crippen LogP contribution >= 0.6 is 0 Å². The van der Waals surface area contributed by atoms with Gasteiger partial charge in [-0.15, -0.1) is 5.10 Å². The summed E-state index contributed by atoms with van der Waals surface area (Å²) < 4.78 is 15.3. The topological polar surface area (TPSA) is 91.6 Å². The predicted molar refractivity (Wildman–Crippen MR) is 111 cm³/mol. The molecule has 0 aliphatic carbocycles. The zero-order chi connectivity index (χ0) is 20.5. The number of hydrogen-bond donors (Lipinski definition) is 1. The Hall–Kier alpha value is -3.56. The van der Waals surface area contributed by atoms with Crippen molar-refractivity contribution in [1.82, 2.24) is 29.9 Å². The van der Waals surface area contributed by atoms with Crippen molar-refractivity contribution in [2.75, 3.05) is 42.5 Å². The van der Waals surface area contributed by atoms with Gasteiger partial charge in [0.05, 0.1) is 43.1 Å². The molecular weight excluding hydrogens is 387 g/mol. The minimum atomic E-state index is -0.802. The lowest BCUT2D eigenvalue weighted by Crippen LogP contribution is -2.47. The SMILES string of the molecule is O=C1CN(c2cnc(/C=C/c3cnc4ccc(N5CCC(F)C5)nn34)nc2)CCN1. The minimum Gasteiger partial charge on any atom is -0.358 e. The van der Waals surface area contributed by atoms with Crippen molar-refractivity contribution in [3.63, 3.8) is 0 Å². The molecule has 0 saturated carbocycles. The van der Waals surface area contributed by atoms with Crippen LogP contribution in [0.5, 0.6) is 0 Å². The number of carbonyl (C=O) groups is 1. The fourth-order valence-corrected chi connectivity index (χ4v) is 3.69. The van der Waals surface area contributed by atoms with Crippen LogP contribution in [0.25, 0.3) is 17.8 Å². The van der Waals surface area contributed by atoms with Crippen LogP contribution < -0.4 is 15.1 Å². The average Bonchev–Trinajstić information content (AvgIpc) is 3.38. The van der Waals surface area contributed by atoms with Crippen molar-refractivity contribution < 1.29 is 9.18 Å². The number of anilines is 2. The van der Waals surface area contributed by atoms with Crippen molar-refractivity contribution in [3.05, 3.63) is 42.2 Å². The molecule has 5 heterocycles. The number of piperazine rings is 1. The molecule has 10 heteroatoms. The van der Waals surface area contributed by atoms with E-state index in [0.29, 0.717) is 44.1 Å². The number of nitrogens with one attached hydrogen (secondary N) is 1. The van der Waals surface area contributed by atoms with E-state index in [1.54, 1.807) is 29.2 Å². The summed E-state index contributed by atoms with van der Waals surface area (Å²) in [6, 6.07) is 3.75. The number of hydrogen-bond acceptors (Lipinski definition) is 7. The standard InChI is InChI=1S/C20H21FN8O/c21-14-5-7-28(12-14)19-4-3-18-25-9-15(29(18)26-19)1-2-17-23-10-16(11-24-17)27-8-6-22-20(30)13-27/h1-4,9-11,14H,5-8,12-13H2,(H,22,30)/b2-1+. The van der Waals surface area contributed by atoms with Gasteiger partial charge >= 0.3 is 0 Å². The first-order chi connectivity index (χ1) is 14.7. The number of aromatic nitrogens is 5. The molecule has 154 valence electrons. The van der Waals surface area contributed by atoms with E-state index < -0.39 is 6.17 Å². The smallest absolute Gasteiger partial charge is 0.239 e. The molecule has 0 aromatic carbocycles. The molecule has 0 bridgehead atoms. The molecule has 3 aromatic rings. The van der Waals surface area contributed by atoms with E-state index in [-0.39, 0.29) is 5.91 Å². The summed E-state index contributed by atoms with van der Waals surface area (Å²) in [5.74, 6) is 1.29. The highest BCUT2D eigenvalue weighted by atomic mass is 19.1. The number of amides is 1. The fraction of sp³-hybridized carbons (Fsp3) is 0.350. The van der Waals surface area contributed by atoms with Crippen LogP contribution in [-0.4, -0.2) is 69.4 Å². The van der Waals surface area contributed by atoms with Crippen LogP contribution in [0.2, 0.25) is 0 Å². The Bertz CT molecular complexity index is 1100. The molecule has 1 amide bonds. The maximum atomic E-state index is 13.5. The Morgan fingerprint density at radius 1 is 1.07 bits per heavy atom. The maximum absolute atomic E-state index is 13.5. The Kier molecular flexibility index (Phi) is 4.74. The summed E-state index contributed by atoms with van der Waals surface area (Å²) >= 11 is 0. The van der Waals surface area contributed by atoms with Crippen molar-refractivity contribution >= 4 is 35.2 Å². The molecule has 2 aliphatic heterocycles. The molecule has 1 unspecified atom stereocenters. The number of imidazole rings is 1. The Labute approximate surface area is 172 Å². The Balaban J connectivity index is 1.34. The fourth-order valence-electron chi connectivity index (χ4n) is 3.69. The largest absolute Gasteiger partial charge is 0.358 e. The van der Waals surface area contributed by atoms with Crippen LogP contribution in [0.4, 0.5) is 15.9 Å². The van der Waals surface area contributed by atoms with Crippen molar-refractivity contribution in [1.29, 1.82) is 0 Å². The van der Waals surface area contributed by atoms with Crippen LogP contribution in [0, 0.1) is 0 Å². The summed E-state index contributed by atoms with van der Waals surface area (Å²) in [6.07, 6.45) is 8.54. The molecule has 1 N–H and O–H groups in total. The molecule has 0 spiro atoms. The normalized spacial score (nSPS) is 19.8. The summed E-state index contributed by atoms with van der Waals surface area (Å²) in [5.41, 5.74) is 2.32. The van der Waals surface area contributed by atoms with Crippen LogP contribution in [-0.2, 0) is 4.79 Å². The van der Waals surface area contributed by atoms with Gasteiger partial charge < -0.3 is 15.1 Å². The van der Waals surface area contributed by atoms with Gasteiger partial charge in [0, 0.05) is 19.6 Å². The lowest BCUT2D eigenvalue weighted by atomic mass is 10.3. The van der Waals surface area contributed by atoms with E-state index in [1.807, 2.05) is 28.0 Å². The lowest BCUT2D eigenvalue weighted by molar-refractivity contribution is -0.120. The van der Waals surface area contributed by atoms with Gasteiger partial charge in [0.2, 0.25) is 5.91 Å². The van der Waals surface area contributed by atoms with E-state index >= 15 is 0 Å². The molecule has 3 aromatic heterocycles. The maximum Gasteiger partial charge on any atom is 0.239 e. The molecule has 2 fully saturated rings. The van der Waals surface area contributed by atoms with Crippen LogP contribution in [0.1, 0.15) is 17.9 Å². The number of alkyl halides is 1. The highest BCUT2D eigenvalue weighted by Gasteiger charge is 2.23. The summed E-state index contributed by atoms with van der Waals surface area (Å²) in [7, 11) is 0. The predicted octanol–water partition coefficient (Wildman–Crippen LogP) is 1.17. The second-order valence-corrected chi connectivity index (χ2v) is 7.38. The van der Waals surface area contributed by atoms with Crippen LogP contribution in [0.3, 0.4) is 0 Å². The van der Waals surface area contributed by atoms with Crippen LogP contribution in [0.15, 0.2) is 30.7 Å². The van der Waals surface area contributed by atoms with Crippen molar-refractivity contribution in [2.24, 2.45) is 0 Å². The molecule has 2 aliphatic rings. The van der Waals surface area contributed by atoms with Gasteiger partial charge in [-0.3, -0.25) is 4.79 Å². The highest BCUT2D eigenvalue weighted by Crippen LogP contribution is 2.21. The molecule has 2 saturated heterocycles. The van der Waals surface area contributed by atoms with Gasteiger partial charge in [0.15, 0.2) is 11.5 Å². The number of nitrogens with zero attached hydrogens (tertiary/aromatic N) is 7. The van der Waals surface area contributed by atoms with E-state index in [2.05, 4.69) is 25.4 Å². The van der Waals surface area contributed by atoms with Gasteiger partial charge in [-0.05, 0) is 30.7 Å². The van der Waals surface area contributed by atoms with E-state index in [1.165, 1.54) is 0 Å². The molecule has 5 rings (SSSR count). The minimum absolute atomic E-state index is 0.000619. The van der Waals surface area contributed by atoms with E-state index in [9.17, 15) is 9.18 Å². The molecular formula is C20H21FN8O. The van der Waals surface area contributed by atoms with E-state index in [0.717, 1.165) is 23.7 Å². The van der Waals surface area contributed by atoms with Gasteiger partial charge in [-0.1, -0.05) is 0 Å². The number of carbonyl (C=O) groups excluding carboxylic acids is 1. The van der Waals surface area contributed by atoms with Crippen molar-refractivity contribution in [2.45, 2.75) is 12.6 Å². The zero-order valence-corrected chi connectivity index (χ0v) is 16.3. The zero-order valence-electron chi connectivity index (χ0n) is 16.3. The third-order valence-corrected chi connectivity index (χ3v) is 5.29.